The molecule has 4 heteroatoms. The minimum Gasteiger partial charge on any atom is -0.342 e. The van der Waals surface area contributed by atoms with Gasteiger partial charge in [-0.1, -0.05) is 62.4 Å². The van der Waals surface area contributed by atoms with Crippen molar-refractivity contribution in [3.05, 3.63) is 54.1 Å². The quantitative estimate of drug-likeness (QED) is 0.515. The first-order valence-corrected chi connectivity index (χ1v) is 13.4. The third kappa shape index (κ3) is 4.63. The van der Waals surface area contributed by atoms with Crippen LogP contribution in [-0.4, -0.2) is 53.2 Å². The van der Waals surface area contributed by atoms with Crippen LogP contribution in [0.1, 0.15) is 51.5 Å². The molecule has 2 fully saturated rings. The number of amides is 1. The fourth-order valence-corrected chi connectivity index (χ4v) is 6.87. The topological polar surface area (TPSA) is 23.6 Å². The van der Waals surface area contributed by atoms with Crippen molar-refractivity contribution in [2.45, 2.75) is 57.2 Å². The molecule has 32 heavy (non-hydrogen) atoms. The normalized spacial score (nSPS) is 24.3. The van der Waals surface area contributed by atoms with E-state index in [4.69, 9.17) is 0 Å². The molecular formula is C28H36N2OS. The minimum absolute atomic E-state index is 0.0127. The summed E-state index contributed by atoms with van der Waals surface area (Å²) in [5.74, 6) is 1.55. The smallest absolute Gasteiger partial charge is 0.236 e. The number of fused-ring (bicyclic) bond motifs is 1. The van der Waals surface area contributed by atoms with E-state index in [1.165, 1.54) is 53.6 Å². The zero-order chi connectivity index (χ0) is 22.1. The lowest BCUT2D eigenvalue weighted by atomic mass is 9.99. The Morgan fingerprint density at radius 2 is 1.81 bits per heavy atom. The molecule has 0 bridgehead atoms. The Bertz CT molecular complexity index is 985. The summed E-state index contributed by atoms with van der Waals surface area (Å²) in [6.07, 6.45) is 8.65. The third-order valence-corrected chi connectivity index (χ3v) is 8.93. The second-order valence-corrected chi connectivity index (χ2v) is 11.1. The van der Waals surface area contributed by atoms with Crippen molar-refractivity contribution >= 4 is 33.3 Å². The summed E-state index contributed by atoms with van der Waals surface area (Å²) in [6, 6.07) is 15.7. The highest BCUT2D eigenvalue weighted by Crippen LogP contribution is 2.45. The van der Waals surface area contributed by atoms with Crippen LogP contribution >= 0.6 is 11.8 Å². The average Bonchev–Trinajstić information content (AvgIpc) is 3.57. The molecule has 3 nitrogen and oxygen atoms in total. The molecule has 2 aliphatic heterocycles. The van der Waals surface area contributed by atoms with Crippen molar-refractivity contribution in [2.24, 2.45) is 11.8 Å². The van der Waals surface area contributed by atoms with Gasteiger partial charge in [0.1, 0.15) is 0 Å². The van der Waals surface area contributed by atoms with Gasteiger partial charge in [-0.05, 0) is 66.8 Å². The van der Waals surface area contributed by atoms with E-state index in [9.17, 15) is 4.79 Å². The monoisotopic (exact) mass is 448 g/mol. The maximum atomic E-state index is 13.5. The first-order valence-electron chi connectivity index (χ1n) is 12.5. The first-order chi connectivity index (χ1) is 15.6. The molecule has 0 N–H and O–H groups in total. The van der Waals surface area contributed by atoms with Gasteiger partial charge < -0.3 is 4.90 Å². The maximum Gasteiger partial charge on any atom is 0.236 e. The van der Waals surface area contributed by atoms with Crippen LogP contribution in [0.4, 0.5) is 0 Å². The number of nitrogens with zero attached hydrogens (tertiary/aromatic N) is 2. The third-order valence-electron chi connectivity index (χ3n) is 7.44. The van der Waals surface area contributed by atoms with Crippen LogP contribution in [0.25, 0.3) is 15.7 Å². The van der Waals surface area contributed by atoms with Crippen molar-refractivity contribution < 1.29 is 4.79 Å². The summed E-state index contributed by atoms with van der Waals surface area (Å²) < 4.78 is 0. The van der Waals surface area contributed by atoms with E-state index in [1.54, 1.807) is 11.8 Å². The van der Waals surface area contributed by atoms with Crippen molar-refractivity contribution in [2.75, 3.05) is 26.2 Å². The van der Waals surface area contributed by atoms with Crippen LogP contribution in [0, 0.1) is 11.8 Å². The van der Waals surface area contributed by atoms with Crippen LogP contribution in [0.2, 0.25) is 0 Å². The number of likely N-dealkylation sites (tertiary alicyclic amines) is 1. The van der Waals surface area contributed by atoms with Crippen molar-refractivity contribution in [3.63, 3.8) is 0 Å². The van der Waals surface area contributed by atoms with Gasteiger partial charge in [-0.25, -0.2) is 0 Å². The van der Waals surface area contributed by atoms with Crippen molar-refractivity contribution in [1.82, 2.24) is 9.80 Å². The van der Waals surface area contributed by atoms with Gasteiger partial charge in [0.15, 0.2) is 0 Å². The maximum absolute atomic E-state index is 13.5. The number of allylic oxidation sites excluding steroid dienone is 1. The molecule has 2 unspecified atom stereocenters. The van der Waals surface area contributed by atoms with E-state index >= 15 is 0 Å². The molecule has 0 aromatic heterocycles. The molecule has 3 aliphatic rings. The number of rotatable bonds is 7. The Morgan fingerprint density at radius 1 is 1.06 bits per heavy atom. The van der Waals surface area contributed by atoms with E-state index in [2.05, 4.69) is 72.2 Å². The lowest BCUT2D eigenvalue weighted by Gasteiger charge is -2.39. The SMILES string of the molecule is CCCN(CC1CC1)C1CCN(C(=O)C2SC(c3cccc4ccccc34)=CC2C)CC1. The molecule has 1 saturated heterocycles. The number of carbonyl (C=O) groups excluding carboxylic acids is 1. The van der Waals surface area contributed by atoms with Crippen LogP contribution in [0.3, 0.4) is 0 Å². The van der Waals surface area contributed by atoms with E-state index in [0.29, 0.717) is 11.9 Å². The highest BCUT2D eigenvalue weighted by molar-refractivity contribution is 8.09. The largest absolute Gasteiger partial charge is 0.342 e. The highest BCUT2D eigenvalue weighted by atomic mass is 32.2. The van der Waals surface area contributed by atoms with Crippen molar-refractivity contribution in [1.29, 1.82) is 0 Å². The van der Waals surface area contributed by atoms with Gasteiger partial charge in [0, 0.05) is 30.6 Å². The molecule has 2 heterocycles. The van der Waals surface area contributed by atoms with Crippen molar-refractivity contribution in [3.8, 4) is 0 Å². The molecule has 2 aromatic rings. The van der Waals surface area contributed by atoms with Gasteiger partial charge in [-0.15, -0.1) is 11.8 Å². The Balaban J connectivity index is 1.22. The fraction of sp³-hybridized carbons (Fsp3) is 0.536. The molecule has 170 valence electrons. The Morgan fingerprint density at radius 3 is 2.56 bits per heavy atom. The molecule has 1 amide bonds. The van der Waals surface area contributed by atoms with Gasteiger partial charge in [-0.3, -0.25) is 9.69 Å². The summed E-state index contributed by atoms with van der Waals surface area (Å²) in [5.41, 5.74) is 1.27. The number of carbonyl (C=O) groups is 1. The second kappa shape index (κ2) is 9.61. The fourth-order valence-electron chi connectivity index (χ4n) is 5.45. The average molecular weight is 449 g/mol. The summed E-state index contributed by atoms with van der Waals surface area (Å²) in [6.45, 7) is 8.82. The van der Waals surface area contributed by atoms with E-state index in [-0.39, 0.29) is 11.2 Å². The zero-order valence-electron chi connectivity index (χ0n) is 19.5. The molecule has 2 atom stereocenters. The molecule has 1 saturated carbocycles. The van der Waals surface area contributed by atoms with Crippen LogP contribution in [-0.2, 0) is 4.79 Å². The Hall–Kier alpha value is -1.78. The minimum atomic E-state index is 0.0127. The van der Waals surface area contributed by atoms with Crippen LogP contribution < -0.4 is 0 Å². The number of hydrogen-bond acceptors (Lipinski definition) is 3. The lowest BCUT2D eigenvalue weighted by molar-refractivity contribution is -0.132. The second-order valence-electron chi connectivity index (χ2n) is 9.95. The summed E-state index contributed by atoms with van der Waals surface area (Å²) >= 11 is 1.78. The predicted octanol–water partition coefficient (Wildman–Crippen LogP) is 6.05. The summed E-state index contributed by atoms with van der Waals surface area (Å²) in [7, 11) is 0. The van der Waals surface area contributed by atoms with Gasteiger partial charge in [0.25, 0.3) is 0 Å². The van der Waals surface area contributed by atoms with Gasteiger partial charge in [-0.2, -0.15) is 0 Å². The molecule has 1 aliphatic carbocycles. The Kier molecular flexibility index (Phi) is 6.61. The molecule has 0 spiro atoms. The first kappa shape index (κ1) is 22.0. The van der Waals surface area contributed by atoms with Gasteiger partial charge in [0.05, 0.1) is 5.25 Å². The Labute approximate surface area is 197 Å². The molecular weight excluding hydrogens is 412 g/mol. The number of piperidine rings is 1. The summed E-state index contributed by atoms with van der Waals surface area (Å²) in [4.78, 5) is 19.7. The number of thioether (sulfide) groups is 1. The standard InChI is InChI=1S/C28H36N2OS/c1-3-15-30(19-21-11-12-21)23-13-16-29(17-14-23)28(31)27-20(2)18-26(32-27)25-10-6-8-22-7-4-5-9-24(22)25/h4-10,18,20-21,23,27H,3,11-17,19H2,1-2H3. The zero-order valence-corrected chi connectivity index (χ0v) is 20.3. The van der Waals surface area contributed by atoms with Gasteiger partial charge >= 0.3 is 0 Å². The molecule has 5 rings (SSSR count). The van der Waals surface area contributed by atoms with E-state index in [1.807, 2.05) is 0 Å². The summed E-state index contributed by atoms with van der Waals surface area (Å²) in [5, 5.41) is 2.55. The van der Waals surface area contributed by atoms with Gasteiger partial charge in [0.2, 0.25) is 5.91 Å². The molecule has 0 radical (unpaired) electrons. The lowest BCUT2D eigenvalue weighted by Crippen LogP contribution is -2.49. The van der Waals surface area contributed by atoms with E-state index < -0.39 is 0 Å². The van der Waals surface area contributed by atoms with Crippen LogP contribution in [0.5, 0.6) is 0 Å². The highest BCUT2D eigenvalue weighted by Gasteiger charge is 2.37. The number of benzene rings is 2. The van der Waals surface area contributed by atoms with Crippen LogP contribution in [0.15, 0.2) is 48.5 Å². The number of hydrogen-bond donors (Lipinski definition) is 0. The van der Waals surface area contributed by atoms with E-state index in [0.717, 1.165) is 31.8 Å². The predicted molar refractivity (Wildman–Crippen MR) is 137 cm³/mol. The molecule has 2 aromatic carbocycles.